The van der Waals surface area contributed by atoms with Gasteiger partial charge in [-0.05, 0) is 19.1 Å². The quantitative estimate of drug-likeness (QED) is 0.809. The summed E-state index contributed by atoms with van der Waals surface area (Å²) in [5, 5.41) is 8.77. The molecule has 0 aliphatic carbocycles. The molecule has 15 heavy (non-hydrogen) atoms. The number of hydrogen-bond acceptors (Lipinski definition) is 3. The molecule has 1 rings (SSSR count). The molecule has 0 saturated heterocycles. The van der Waals surface area contributed by atoms with Crippen molar-refractivity contribution in [3.8, 4) is 0 Å². The van der Waals surface area contributed by atoms with Gasteiger partial charge < -0.3 is 10.0 Å². The molecular formula is C10H14F2N2O. The van der Waals surface area contributed by atoms with Crippen molar-refractivity contribution in [1.82, 2.24) is 4.98 Å². The third-order valence-electron chi connectivity index (χ3n) is 1.93. The Bertz CT molecular complexity index is 307. The van der Waals surface area contributed by atoms with Crippen molar-refractivity contribution in [3.63, 3.8) is 0 Å². The van der Waals surface area contributed by atoms with Crippen LogP contribution in [0.4, 0.5) is 14.6 Å². The van der Waals surface area contributed by atoms with E-state index in [0.717, 1.165) is 5.69 Å². The third-order valence-corrected chi connectivity index (χ3v) is 1.93. The average molecular weight is 216 g/mol. The van der Waals surface area contributed by atoms with Crippen LogP contribution in [0.5, 0.6) is 0 Å². The zero-order chi connectivity index (χ0) is 11.3. The van der Waals surface area contributed by atoms with Crippen LogP contribution in [0, 0.1) is 6.92 Å². The number of pyridine rings is 1. The van der Waals surface area contributed by atoms with Gasteiger partial charge in [-0.3, -0.25) is 0 Å². The molecule has 0 amide bonds. The fourth-order valence-corrected chi connectivity index (χ4v) is 1.29. The van der Waals surface area contributed by atoms with Crippen molar-refractivity contribution in [2.24, 2.45) is 0 Å². The van der Waals surface area contributed by atoms with Gasteiger partial charge in [0.05, 0.1) is 13.2 Å². The molecule has 0 bridgehead atoms. The smallest absolute Gasteiger partial charge is 0.255 e. The summed E-state index contributed by atoms with van der Waals surface area (Å²) in [7, 11) is 0. The molecule has 1 aromatic heterocycles. The molecule has 0 saturated carbocycles. The summed E-state index contributed by atoms with van der Waals surface area (Å²) in [4.78, 5) is 5.50. The summed E-state index contributed by atoms with van der Waals surface area (Å²) in [5.74, 6) is 0.476. The number of aliphatic hydroxyl groups is 1. The Hall–Kier alpha value is -1.23. The molecule has 0 fully saturated rings. The minimum Gasteiger partial charge on any atom is -0.395 e. The maximum Gasteiger partial charge on any atom is 0.255 e. The van der Waals surface area contributed by atoms with E-state index in [-0.39, 0.29) is 13.2 Å². The van der Waals surface area contributed by atoms with Crippen LogP contribution in [-0.2, 0) is 0 Å². The first-order chi connectivity index (χ1) is 7.13. The zero-order valence-electron chi connectivity index (χ0n) is 8.53. The first-order valence-corrected chi connectivity index (χ1v) is 4.71. The standard InChI is InChI=1S/C10H14F2N2O/c1-8-3-2-4-10(13-8)14(5-6-15)7-9(11)12/h2-4,9,15H,5-7H2,1H3. The molecule has 1 aromatic rings. The van der Waals surface area contributed by atoms with E-state index in [4.69, 9.17) is 5.11 Å². The zero-order valence-corrected chi connectivity index (χ0v) is 8.53. The maximum atomic E-state index is 12.2. The summed E-state index contributed by atoms with van der Waals surface area (Å²) < 4.78 is 24.5. The van der Waals surface area contributed by atoms with Gasteiger partial charge in [0, 0.05) is 12.2 Å². The van der Waals surface area contributed by atoms with E-state index in [2.05, 4.69) is 4.98 Å². The summed E-state index contributed by atoms with van der Waals surface area (Å²) in [6, 6.07) is 5.21. The highest BCUT2D eigenvalue weighted by Gasteiger charge is 2.13. The molecule has 0 unspecified atom stereocenters. The van der Waals surface area contributed by atoms with Crippen LogP contribution in [0.1, 0.15) is 5.69 Å². The van der Waals surface area contributed by atoms with Gasteiger partial charge in [0.15, 0.2) is 0 Å². The van der Waals surface area contributed by atoms with Crippen molar-refractivity contribution < 1.29 is 13.9 Å². The Morgan fingerprint density at radius 2 is 2.20 bits per heavy atom. The predicted octanol–water partition coefficient (Wildman–Crippen LogP) is 1.45. The lowest BCUT2D eigenvalue weighted by Gasteiger charge is -2.22. The predicted molar refractivity (Wildman–Crippen MR) is 54.3 cm³/mol. The minimum absolute atomic E-state index is 0.164. The maximum absolute atomic E-state index is 12.2. The van der Waals surface area contributed by atoms with Crippen LogP contribution in [0.2, 0.25) is 0 Å². The van der Waals surface area contributed by atoms with Crippen LogP contribution in [0.15, 0.2) is 18.2 Å². The van der Waals surface area contributed by atoms with E-state index in [0.29, 0.717) is 5.82 Å². The minimum atomic E-state index is -2.43. The SMILES string of the molecule is Cc1cccc(N(CCO)CC(F)F)n1. The second-order valence-electron chi connectivity index (χ2n) is 3.20. The van der Waals surface area contributed by atoms with E-state index in [1.54, 1.807) is 25.1 Å². The Morgan fingerprint density at radius 1 is 1.47 bits per heavy atom. The molecule has 0 atom stereocenters. The fourth-order valence-electron chi connectivity index (χ4n) is 1.29. The lowest BCUT2D eigenvalue weighted by Crippen LogP contribution is -2.32. The van der Waals surface area contributed by atoms with Crippen LogP contribution in [-0.4, -0.2) is 36.2 Å². The van der Waals surface area contributed by atoms with Crippen molar-refractivity contribution in [2.45, 2.75) is 13.3 Å². The Balaban J connectivity index is 2.78. The number of anilines is 1. The molecule has 0 aliphatic heterocycles. The fraction of sp³-hybridized carbons (Fsp3) is 0.500. The molecule has 1 heterocycles. The largest absolute Gasteiger partial charge is 0.395 e. The highest BCUT2D eigenvalue weighted by atomic mass is 19.3. The van der Waals surface area contributed by atoms with E-state index < -0.39 is 13.0 Å². The molecule has 0 aliphatic rings. The van der Waals surface area contributed by atoms with Crippen LogP contribution in [0.25, 0.3) is 0 Å². The second-order valence-corrected chi connectivity index (χ2v) is 3.20. The van der Waals surface area contributed by atoms with Gasteiger partial charge in [-0.2, -0.15) is 0 Å². The molecule has 0 radical (unpaired) electrons. The van der Waals surface area contributed by atoms with Crippen LogP contribution >= 0.6 is 0 Å². The van der Waals surface area contributed by atoms with E-state index in [1.165, 1.54) is 4.90 Å². The number of aromatic nitrogens is 1. The van der Waals surface area contributed by atoms with Crippen molar-refractivity contribution in [2.75, 3.05) is 24.6 Å². The van der Waals surface area contributed by atoms with Gasteiger partial charge in [-0.25, -0.2) is 13.8 Å². The van der Waals surface area contributed by atoms with Crippen molar-refractivity contribution in [3.05, 3.63) is 23.9 Å². The first-order valence-electron chi connectivity index (χ1n) is 4.71. The van der Waals surface area contributed by atoms with Gasteiger partial charge in [0.1, 0.15) is 5.82 Å². The summed E-state index contributed by atoms with van der Waals surface area (Å²) in [6.07, 6.45) is -2.43. The van der Waals surface area contributed by atoms with Crippen LogP contribution in [0.3, 0.4) is 0 Å². The number of rotatable bonds is 5. The first kappa shape index (κ1) is 11.8. The summed E-state index contributed by atoms with van der Waals surface area (Å²) >= 11 is 0. The van der Waals surface area contributed by atoms with Crippen molar-refractivity contribution in [1.29, 1.82) is 0 Å². The molecule has 3 nitrogen and oxygen atoms in total. The topological polar surface area (TPSA) is 36.4 Å². The Morgan fingerprint density at radius 3 is 2.73 bits per heavy atom. The van der Waals surface area contributed by atoms with E-state index in [9.17, 15) is 8.78 Å². The number of hydrogen-bond donors (Lipinski definition) is 1. The van der Waals surface area contributed by atoms with E-state index in [1.807, 2.05) is 0 Å². The van der Waals surface area contributed by atoms with Crippen LogP contribution < -0.4 is 4.90 Å². The van der Waals surface area contributed by atoms with Gasteiger partial charge in [-0.1, -0.05) is 6.07 Å². The van der Waals surface area contributed by atoms with Gasteiger partial charge in [-0.15, -0.1) is 0 Å². The second kappa shape index (κ2) is 5.60. The Kier molecular flexibility index (Phi) is 4.42. The van der Waals surface area contributed by atoms with Gasteiger partial charge >= 0.3 is 0 Å². The highest BCUT2D eigenvalue weighted by molar-refractivity contribution is 5.39. The summed E-state index contributed by atoms with van der Waals surface area (Å²) in [6.45, 7) is 1.39. The molecular weight excluding hydrogens is 202 g/mol. The summed E-state index contributed by atoms with van der Waals surface area (Å²) in [5.41, 5.74) is 0.768. The molecule has 1 N–H and O–H groups in total. The molecule has 0 spiro atoms. The van der Waals surface area contributed by atoms with E-state index >= 15 is 0 Å². The Labute approximate surface area is 87.4 Å². The average Bonchev–Trinajstić information content (AvgIpc) is 2.16. The van der Waals surface area contributed by atoms with Gasteiger partial charge in [0.2, 0.25) is 0 Å². The number of aliphatic hydroxyl groups excluding tert-OH is 1. The van der Waals surface area contributed by atoms with Crippen molar-refractivity contribution >= 4 is 5.82 Å². The lowest BCUT2D eigenvalue weighted by molar-refractivity contribution is 0.152. The number of alkyl halides is 2. The highest BCUT2D eigenvalue weighted by Crippen LogP contribution is 2.12. The molecule has 5 heteroatoms. The number of aryl methyl sites for hydroxylation is 1. The van der Waals surface area contributed by atoms with Gasteiger partial charge in [0.25, 0.3) is 6.43 Å². The molecule has 84 valence electrons. The lowest BCUT2D eigenvalue weighted by atomic mass is 10.3. The number of halogens is 2. The number of nitrogens with zero attached hydrogens (tertiary/aromatic N) is 2. The third kappa shape index (κ3) is 3.79. The normalized spacial score (nSPS) is 10.7. The molecule has 0 aromatic carbocycles. The monoisotopic (exact) mass is 216 g/mol.